The largest absolute Gasteiger partial charge is 0.394 e. The summed E-state index contributed by atoms with van der Waals surface area (Å²) in [7, 11) is 0. The summed E-state index contributed by atoms with van der Waals surface area (Å²) in [5, 5.41) is 16.4. The summed E-state index contributed by atoms with van der Waals surface area (Å²) in [6.07, 6.45) is 0. The van der Waals surface area contributed by atoms with Crippen molar-refractivity contribution in [3.05, 3.63) is 22.7 Å². The highest BCUT2D eigenvalue weighted by molar-refractivity contribution is 7.08. The van der Waals surface area contributed by atoms with Gasteiger partial charge in [-0.15, -0.1) is 0 Å². The van der Waals surface area contributed by atoms with E-state index in [1.807, 2.05) is 16.8 Å². The number of hydrogen-bond donors (Lipinski definition) is 2. The summed E-state index contributed by atoms with van der Waals surface area (Å²) in [5.41, 5.74) is 6.42. The maximum atomic E-state index is 8.78. The first-order chi connectivity index (χ1) is 6.81. The van der Waals surface area contributed by atoms with Crippen LogP contribution >= 0.6 is 11.3 Å². The number of thiophene rings is 1. The molecule has 1 atom stereocenters. The van der Waals surface area contributed by atoms with Gasteiger partial charge in [0, 0.05) is 10.9 Å². The Hall–Kier alpha value is -1.24. The number of aromatic nitrogens is 2. The zero-order valence-corrected chi connectivity index (χ0v) is 8.07. The minimum atomic E-state index is -0.602. The highest BCUT2D eigenvalue weighted by atomic mass is 32.1. The van der Waals surface area contributed by atoms with Gasteiger partial charge in [-0.1, -0.05) is 5.16 Å². The van der Waals surface area contributed by atoms with Crippen LogP contribution in [0.3, 0.4) is 0 Å². The molecule has 0 saturated heterocycles. The van der Waals surface area contributed by atoms with E-state index < -0.39 is 6.04 Å². The van der Waals surface area contributed by atoms with E-state index in [1.54, 1.807) is 11.3 Å². The fraction of sp³-hybridized carbons (Fsp3) is 0.250. The number of aliphatic hydroxyl groups excluding tert-OH is 1. The average molecular weight is 211 g/mol. The molecular formula is C8H9N3O2S. The third-order valence-corrected chi connectivity index (χ3v) is 2.42. The fourth-order valence-electron chi connectivity index (χ4n) is 0.973. The van der Waals surface area contributed by atoms with Gasteiger partial charge in [0.05, 0.1) is 6.61 Å². The molecule has 0 unspecified atom stereocenters. The smallest absolute Gasteiger partial charge is 0.246 e. The molecule has 2 heterocycles. The van der Waals surface area contributed by atoms with Gasteiger partial charge < -0.3 is 15.4 Å². The van der Waals surface area contributed by atoms with E-state index in [0.717, 1.165) is 5.56 Å². The van der Waals surface area contributed by atoms with Crippen molar-refractivity contribution in [3.63, 3.8) is 0 Å². The van der Waals surface area contributed by atoms with E-state index in [2.05, 4.69) is 10.1 Å². The van der Waals surface area contributed by atoms with Crippen LogP contribution in [0.5, 0.6) is 0 Å². The lowest BCUT2D eigenvalue weighted by atomic mass is 10.3. The van der Waals surface area contributed by atoms with Crippen LogP contribution in [0.25, 0.3) is 11.4 Å². The van der Waals surface area contributed by atoms with Gasteiger partial charge in [0.15, 0.2) is 0 Å². The second-order valence-corrected chi connectivity index (χ2v) is 3.54. The van der Waals surface area contributed by atoms with Crippen LogP contribution in [0.1, 0.15) is 11.9 Å². The number of hydrogen-bond acceptors (Lipinski definition) is 6. The number of rotatable bonds is 3. The molecule has 0 spiro atoms. The Balaban J connectivity index is 2.26. The van der Waals surface area contributed by atoms with Crippen molar-refractivity contribution in [2.24, 2.45) is 5.73 Å². The van der Waals surface area contributed by atoms with Crippen LogP contribution in [0.15, 0.2) is 21.3 Å². The predicted molar refractivity (Wildman–Crippen MR) is 51.6 cm³/mol. The summed E-state index contributed by atoms with van der Waals surface area (Å²) < 4.78 is 4.90. The summed E-state index contributed by atoms with van der Waals surface area (Å²) in [6.45, 7) is -0.203. The zero-order valence-electron chi connectivity index (χ0n) is 7.25. The summed E-state index contributed by atoms with van der Waals surface area (Å²) in [6, 6.07) is 1.29. The van der Waals surface area contributed by atoms with E-state index in [4.69, 9.17) is 15.4 Å². The Morgan fingerprint density at radius 2 is 2.50 bits per heavy atom. The van der Waals surface area contributed by atoms with Gasteiger partial charge in [0.2, 0.25) is 11.7 Å². The lowest BCUT2D eigenvalue weighted by molar-refractivity contribution is 0.237. The standard InChI is InChI=1S/C8H9N3O2S/c9-6(3-12)8-10-7(11-13-8)5-1-2-14-4-5/h1-2,4,6,12H,3,9H2/t6-/m1/s1. The molecule has 6 heteroatoms. The van der Waals surface area contributed by atoms with Crippen molar-refractivity contribution >= 4 is 11.3 Å². The van der Waals surface area contributed by atoms with Crippen molar-refractivity contribution in [1.82, 2.24) is 10.1 Å². The minimum Gasteiger partial charge on any atom is -0.394 e. The van der Waals surface area contributed by atoms with Crippen molar-refractivity contribution < 1.29 is 9.63 Å². The quantitative estimate of drug-likeness (QED) is 0.784. The fourth-order valence-corrected chi connectivity index (χ4v) is 1.61. The highest BCUT2D eigenvalue weighted by Crippen LogP contribution is 2.19. The highest BCUT2D eigenvalue weighted by Gasteiger charge is 2.14. The molecule has 3 N–H and O–H groups in total. The normalized spacial score (nSPS) is 13.0. The van der Waals surface area contributed by atoms with Crippen LogP contribution in [0.4, 0.5) is 0 Å². The lowest BCUT2D eigenvalue weighted by Gasteiger charge is -1.98. The first-order valence-corrected chi connectivity index (χ1v) is 4.98. The second-order valence-electron chi connectivity index (χ2n) is 2.76. The Kier molecular flexibility index (Phi) is 2.58. The maximum Gasteiger partial charge on any atom is 0.246 e. The van der Waals surface area contributed by atoms with Gasteiger partial charge >= 0.3 is 0 Å². The van der Waals surface area contributed by atoms with E-state index in [0.29, 0.717) is 5.82 Å². The Bertz CT molecular complexity index is 398. The van der Waals surface area contributed by atoms with E-state index >= 15 is 0 Å². The topological polar surface area (TPSA) is 85.2 Å². The molecule has 2 aromatic heterocycles. The Labute approximate surface area is 84.2 Å². The van der Waals surface area contributed by atoms with E-state index in [-0.39, 0.29) is 12.5 Å². The molecule has 2 rings (SSSR count). The van der Waals surface area contributed by atoms with Crippen molar-refractivity contribution in [1.29, 1.82) is 0 Å². The molecule has 0 amide bonds. The van der Waals surface area contributed by atoms with Gasteiger partial charge in [-0.05, 0) is 11.4 Å². The van der Waals surface area contributed by atoms with E-state index in [1.165, 1.54) is 0 Å². The molecule has 0 aromatic carbocycles. The molecular weight excluding hydrogens is 202 g/mol. The number of aliphatic hydroxyl groups is 1. The molecule has 0 aliphatic carbocycles. The van der Waals surface area contributed by atoms with Gasteiger partial charge in [0.1, 0.15) is 6.04 Å². The number of nitrogens with two attached hydrogens (primary N) is 1. The molecule has 0 aliphatic heterocycles. The summed E-state index contributed by atoms with van der Waals surface area (Å²) in [5.74, 6) is 0.763. The first-order valence-electron chi connectivity index (χ1n) is 4.04. The zero-order chi connectivity index (χ0) is 9.97. The van der Waals surface area contributed by atoms with Crippen LogP contribution in [0, 0.1) is 0 Å². The SMILES string of the molecule is N[C@H](CO)c1nc(-c2ccsc2)no1. The Morgan fingerprint density at radius 1 is 1.64 bits per heavy atom. The van der Waals surface area contributed by atoms with Crippen molar-refractivity contribution in [2.75, 3.05) is 6.61 Å². The van der Waals surface area contributed by atoms with Crippen molar-refractivity contribution in [3.8, 4) is 11.4 Å². The van der Waals surface area contributed by atoms with E-state index in [9.17, 15) is 0 Å². The average Bonchev–Trinajstić information content (AvgIpc) is 2.86. The van der Waals surface area contributed by atoms with Crippen LogP contribution in [-0.2, 0) is 0 Å². The van der Waals surface area contributed by atoms with Crippen molar-refractivity contribution in [2.45, 2.75) is 6.04 Å². The van der Waals surface area contributed by atoms with Crippen LogP contribution in [0.2, 0.25) is 0 Å². The number of nitrogens with zero attached hydrogens (tertiary/aromatic N) is 2. The monoisotopic (exact) mass is 211 g/mol. The Morgan fingerprint density at radius 3 is 3.14 bits per heavy atom. The summed E-state index contributed by atoms with van der Waals surface area (Å²) >= 11 is 1.56. The van der Waals surface area contributed by atoms with Gasteiger partial charge in [0.25, 0.3) is 0 Å². The third kappa shape index (κ3) is 1.67. The molecule has 14 heavy (non-hydrogen) atoms. The summed E-state index contributed by atoms with van der Waals surface area (Å²) in [4.78, 5) is 4.07. The lowest BCUT2D eigenvalue weighted by Crippen LogP contribution is -2.14. The first kappa shape index (κ1) is 9.32. The molecule has 0 radical (unpaired) electrons. The minimum absolute atomic E-state index is 0.203. The van der Waals surface area contributed by atoms with Gasteiger partial charge in [-0.25, -0.2) is 0 Å². The molecule has 2 aromatic rings. The molecule has 0 saturated carbocycles. The predicted octanol–water partition coefficient (Wildman–Crippen LogP) is 0.790. The van der Waals surface area contributed by atoms with Crippen LogP contribution < -0.4 is 5.73 Å². The van der Waals surface area contributed by atoms with Gasteiger partial charge in [-0.2, -0.15) is 16.3 Å². The molecule has 0 bridgehead atoms. The van der Waals surface area contributed by atoms with Gasteiger partial charge in [-0.3, -0.25) is 0 Å². The second kappa shape index (κ2) is 3.87. The third-order valence-electron chi connectivity index (χ3n) is 1.74. The molecule has 0 aliphatic rings. The molecule has 5 nitrogen and oxygen atoms in total. The van der Waals surface area contributed by atoms with Crippen LogP contribution in [-0.4, -0.2) is 21.9 Å². The molecule has 74 valence electrons. The molecule has 0 fully saturated rings. The maximum absolute atomic E-state index is 8.78.